The van der Waals surface area contributed by atoms with Gasteiger partial charge in [-0.3, -0.25) is 4.98 Å². The number of rotatable bonds is 6. The molecule has 0 radical (unpaired) electrons. The van der Waals surface area contributed by atoms with Crippen LogP contribution in [-0.4, -0.2) is 17.6 Å². The van der Waals surface area contributed by atoms with E-state index < -0.39 is 0 Å². The minimum atomic E-state index is 0.487. The van der Waals surface area contributed by atoms with Gasteiger partial charge in [0.05, 0.1) is 0 Å². The van der Waals surface area contributed by atoms with Gasteiger partial charge in [0, 0.05) is 30.8 Å². The molecule has 0 aliphatic rings. The van der Waals surface area contributed by atoms with E-state index in [1.54, 1.807) is 0 Å². The summed E-state index contributed by atoms with van der Waals surface area (Å²) in [4.78, 5) is 4.35. The number of aromatic nitrogens is 1. The summed E-state index contributed by atoms with van der Waals surface area (Å²) in [5.41, 5.74) is 1.15. The molecule has 0 aliphatic heterocycles. The minimum Gasteiger partial charge on any atom is -0.314 e. The fourth-order valence-corrected chi connectivity index (χ4v) is 1.71. The van der Waals surface area contributed by atoms with Crippen LogP contribution in [0.2, 0.25) is 0 Å². The topological polar surface area (TPSA) is 24.9 Å². The number of nitrogens with zero attached hydrogens (tertiary/aromatic N) is 1. The normalized spacial score (nSPS) is 11.6. The Hall–Kier alpha value is -1.33. The van der Waals surface area contributed by atoms with Gasteiger partial charge in [-0.1, -0.05) is 13.0 Å². The highest BCUT2D eigenvalue weighted by molar-refractivity contribution is 5.05. The minimum absolute atomic E-state index is 0.487. The van der Waals surface area contributed by atoms with E-state index in [1.807, 2.05) is 25.3 Å². The molecule has 86 valence electrons. The monoisotopic (exact) mass is 216 g/mol. The fraction of sp³-hybridized carbons (Fsp3) is 0.500. The first-order valence-corrected chi connectivity index (χ1v) is 5.89. The molecular formula is C14H20N2. The number of likely N-dealkylation sites (N-methyl/N-ethyl adjacent to an activating group) is 1. The van der Waals surface area contributed by atoms with Crippen LogP contribution in [0.25, 0.3) is 0 Å². The largest absolute Gasteiger partial charge is 0.314 e. The zero-order valence-corrected chi connectivity index (χ0v) is 10.2. The second kappa shape index (κ2) is 7.90. The molecule has 2 nitrogen and oxygen atoms in total. The number of hydrogen-bond acceptors (Lipinski definition) is 2. The number of nitrogens with one attached hydrogen (secondary N) is 1. The molecule has 2 heteroatoms. The molecule has 1 aromatic rings. The first-order valence-electron chi connectivity index (χ1n) is 5.89. The summed E-state index contributed by atoms with van der Waals surface area (Å²) < 4.78 is 0. The molecule has 0 spiro atoms. The lowest BCUT2D eigenvalue weighted by Crippen LogP contribution is -2.31. The highest BCUT2D eigenvalue weighted by atomic mass is 14.9. The zero-order valence-electron chi connectivity index (χ0n) is 10.2. The van der Waals surface area contributed by atoms with Crippen LogP contribution in [0.15, 0.2) is 24.4 Å². The number of hydrogen-bond donors (Lipinski definition) is 1. The van der Waals surface area contributed by atoms with Crippen molar-refractivity contribution in [2.75, 3.05) is 6.54 Å². The van der Waals surface area contributed by atoms with Crippen molar-refractivity contribution in [1.29, 1.82) is 0 Å². The predicted octanol–water partition coefficient (Wildman–Crippen LogP) is 2.41. The zero-order chi connectivity index (χ0) is 11.6. The summed E-state index contributed by atoms with van der Waals surface area (Å²) in [5.74, 6) is 6.05. The Kier molecular flexibility index (Phi) is 6.29. The van der Waals surface area contributed by atoms with E-state index in [0.29, 0.717) is 6.04 Å². The van der Waals surface area contributed by atoms with Gasteiger partial charge in [-0.05, 0) is 32.0 Å². The molecule has 1 atom stereocenters. The van der Waals surface area contributed by atoms with Crippen LogP contribution in [-0.2, 0) is 6.42 Å². The molecule has 0 bridgehead atoms. The summed E-state index contributed by atoms with van der Waals surface area (Å²) >= 11 is 0. The van der Waals surface area contributed by atoms with Crippen LogP contribution in [0.5, 0.6) is 0 Å². The average Bonchev–Trinajstić information content (AvgIpc) is 2.31. The van der Waals surface area contributed by atoms with E-state index in [0.717, 1.165) is 31.5 Å². The molecule has 1 N–H and O–H groups in total. The highest BCUT2D eigenvalue weighted by Crippen LogP contribution is 2.04. The summed E-state index contributed by atoms with van der Waals surface area (Å²) in [7, 11) is 0. The molecule has 0 amide bonds. The van der Waals surface area contributed by atoms with Crippen molar-refractivity contribution in [3.63, 3.8) is 0 Å². The predicted molar refractivity (Wildman–Crippen MR) is 68.1 cm³/mol. The van der Waals surface area contributed by atoms with E-state index >= 15 is 0 Å². The van der Waals surface area contributed by atoms with Gasteiger partial charge in [0.25, 0.3) is 0 Å². The van der Waals surface area contributed by atoms with Gasteiger partial charge < -0.3 is 5.32 Å². The first kappa shape index (κ1) is 12.7. The lowest BCUT2D eigenvalue weighted by atomic mass is 10.1. The third-order valence-corrected chi connectivity index (χ3v) is 2.47. The molecule has 0 aromatic carbocycles. The van der Waals surface area contributed by atoms with Gasteiger partial charge in [0.15, 0.2) is 0 Å². The number of pyridine rings is 1. The van der Waals surface area contributed by atoms with Crippen LogP contribution < -0.4 is 5.32 Å². The Morgan fingerprint density at radius 1 is 1.44 bits per heavy atom. The van der Waals surface area contributed by atoms with Crippen molar-refractivity contribution in [1.82, 2.24) is 10.3 Å². The standard InChI is InChI=1S/C14H20N2/c1-3-5-6-9-13(15-4-2)12-14-10-7-8-11-16-14/h7-8,10-11,13,15H,4,6,9,12H2,1-2H3. The van der Waals surface area contributed by atoms with Crippen LogP contribution in [0.3, 0.4) is 0 Å². The molecule has 16 heavy (non-hydrogen) atoms. The van der Waals surface area contributed by atoms with Crippen molar-refractivity contribution < 1.29 is 0 Å². The van der Waals surface area contributed by atoms with Crippen molar-refractivity contribution in [3.05, 3.63) is 30.1 Å². The quantitative estimate of drug-likeness (QED) is 0.739. The van der Waals surface area contributed by atoms with Gasteiger partial charge in [0.2, 0.25) is 0 Å². The maximum Gasteiger partial charge on any atom is 0.0419 e. The van der Waals surface area contributed by atoms with E-state index in [1.165, 1.54) is 0 Å². The Bertz CT molecular complexity index is 335. The first-order chi connectivity index (χ1) is 7.86. The highest BCUT2D eigenvalue weighted by Gasteiger charge is 2.07. The van der Waals surface area contributed by atoms with Gasteiger partial charge in [0.1, 0.15) is 0 Å². The third-order valence-electron chi connectivity index (χ3n) is 2.47. The molecule has 1 rings (SSSR count). The SMILES string of the molecule is CC#CCCC(Cc1ccccn1)NCC. The molecule has 1 aromatic heterocycles. The molecule has 0 saturated heterocycles. The summed E-state index contributed by atoms with van der Waals surface area (Å²) in [6, 6.07) is 6.56. The third kappa shape index (κ3) is 4.95. The van der Waals surface area contributed by atoms with Crippen LogP contribution >= 0.6 is 0 Å². The van der Waals surface area contributed by atoms with Crippen molar-refractivity contribution >= 4 is 0 Å². The van der Waals surface area contributed by atoms with Gasteiger partial charge in [-0.15, -0.1) is 11.8 Å². The molecular weight excluding hydrogens is 196 g/mol. The van der Waals surface area contributed by atoms with E-state index in [2.05, 4.69) is 35.1 Å². The Morgan fingerprint density at radius 2 is 2.31 bits per heavy atom. The summed E-state index contributed by atoms with van der Waals surface area (Å²) in [5, 5.41) is 3.48. The molecule has 0 aliphatic carbocycles. The lowest BCUT2D eigenvalue weighted by Gasteiger charge is -2.16. The summed E-state index contributed by atoms with van der Waals surface area (Å²) in [6.07, 6.45) is 4.89. The molecule has 1 unspecified atom stereocenters. The maximum absolute atomic E-state index is 4.35. The fourth-order valence-electron chi connectivity index (χ4n) is 1.71. The van der Waals surface area contributed by atoms with E-state index in [-0.39, 0.29) is 0 Å². The van der Waals surface area contributed by atoms with Crippen molar-refractivity contribution in [2.24, 2.45) is 0 Å². The van der Waals surface area contributed by atoms with Crippen LogP contribution in [0, 0.1) is 11.8 Å². The van der Waals surface area contributed by atoms with E-state index in [9.17, 15) is 0 Å². The van der Waals surface area contributed by atoms with Crippen LogP contribution in [0.1, 0.15) is 32.4 Å². The van der Waals surface area contributed by atoms with Crippen molar-refractivity contribution in [2.45, 2.75) is 39.2 Å². The van der Waals surface area contributed by atoms with Crippen molar-refractivity contribution in [3.8, 4) is 11.8 Å². The van der Waals surface area contributed by atoms with Crippen LogP contribution in [0.4, 0.5) is 0 Å². The Morgan fingerprint density at radius 3 is 2.94 bits per heavy atom. The second-order valence-corrected chi connectivity index (χ2v) is 3.75. The second-order valence-electron chi connectivity index (χ2n) is 3.75. The molecule has 0 saturated carbocycles. The van der Waals surface area contributed by atoms with Gasteiger partial charge >= 0.3 is 0 Å². The van der Waals surface area contributed by atoms with E-state index in [4.69, 9.17) is 0 Å². The lowest BCUT2D eigenvalue weighted by molar-refractivity contribution is 0.493. The molecule has 1 heterocycles. The molecule has 0 fully saturated rings. The average molecular weight is 216 g/mol. The maximum atomic E-state index is 4.35. The smallest absolute Gasteiger partial charge is 0.0419 e. The Balaban J connectivity index is 2.46. The van der Waals surface area contributed by atoms with Gasteiger partial charge in [-0.2, -0.15) is 0 Å². The summed E-state index contributed by atoms with van der Waals surface area (Å²) in [6.45, 7) is 5.02. The Labute approximate surface area is 98.5 Å². The van der Waals surface area contributed by atoms with Gasteiger partial charge in [-0.25, -0.2) is 0 Å².